The van der Waals surface area contributed by atoms with Gasteiger partial charge in [-0.1, -0.05) is 95.3 Å². The molecule has 338 valence electrons. The minimum atomic E-state index is -1.02. The number of ether oxygens (including phenoxy) is 5. The summed E-state index contributed by atoms with van der Waals surface area (Å²) in [6.45, 7) is 14.9. The largest absolute Gasteiger partial charge is 0.497 e. The van der Waals surface area contributed by atoms with E-state index in [4.69, 9.17) is 29.2 Å². The number of nitrogens with zero attached hydrogens (tertiary/aromatic N) is 4. The van der Waals surface area contributed by atoms with Gasteiger partial charge in [0, 0.05) is 67.9 Å². The lowest BCUT2D eigenvalue weighted by molar-refractivity contribution is 0.1000. The Labute approximate surface area is 387 Å². The first kappa shape index (κ1) is 44.5. The summed E-state index contributed by atoms with van der Waals surface area (Å²) in [5.41, 5.74) is 18.5. The molecule has 9 rings (SSSR count). The number of hydrogen-bond donors (Lipinski definition) is 0. The van der Waals surface area contributed by atoms with Gasteiger partial charge in [-0.25, -0.2) is 0 Å². The average molecular weight is 883 g/mol. The standard InChI is InChI=1S/C56H58N4O6/c1-9-55(34-54(4,5)33-35(2)3)47-13-11-10-12-42(47)50-45-31-44(41-23-14-36(30-48(41)63-7)53(61)58-59-57)49(64-8)32-46(45)52-43(51(50)55)24-25-56(66-52,38-17-21-40(62-6)22-18-38)37-15-19-39(20-16-37)60-26-28-65-29-27-60/h10-25,30-32,35H,9,26-29,33-34H2,1-8H3. The summed E-state index contributed by atoms with van der Waals surface area (Å²) in [7, 11) is 4.92. The molecule has 1 saturated heterocycles. The number of rotatable bonds is 13. The summed E-state index contributed by atoms with van der Waals surface area (Å²) in [6, 6.07) is 35.3. The number of methoxy groups -OCH3 is 3. The zero-order chi connectivity index (χ0) is 46.4. The van der Waals surface area contributed by atoms with Crippen molar-refractivity contribution < 1.29 is 28.5 Å². The van der Waals surface area contributed by atoms with Crippen molar-refractivity contribution in [3.63, 3.8) is 0 Å². The number of hydrogen-bond acceptors (Lipinski definition) is 7. The van der Waals surface area contributed by atoms with Gasteiger partial charge in [0.15, 0.2) is 5.60 Å². The highest BCUT2D eigenvalue weighted by Crippen LogP contribution is 2.63. The van der Waals surface area contributed by atoms with Crippen molar-refractivity contribution >= 4 is 28.4 Å². The van der Waals surface area contributed by atoms with Crippen LogP contribution in [0.4, 0.5) is 5.69 Å². The van der Waals surface area contributed by atoms with Crippen molar-refractivity contribution in [1.82, 2.24) is 0 Å². The molecule has 0 bridgehead atoms. The average Bonchev–Trinajstić information content (AvgIpc) is 3.62. The fourth-order valence-corrected chi connectivity index (χ4v) is 11.4. The minimum absolute atomic E-state index is 0.00225. The molecule has 2 unspecified atom stereocenters. The Morgan fingerprint density at radius 2 is 1.52 bits per heavy atom. The third-order valence-electron chi connectivity index (χ3n) is 14.0. The third kappa shape index (κ3) is 7.52. The van der Waals surface area contributed by atoms with Crippen LogP contribution in [0, 0.1) is 11.3 Å². The van der Waals surface area contributed by atoms with Crippen LogP contribution in [0.15, 0.2) is 114 Å². The fourth-order valence-electron chi connectivity index (χ4n) is 11.4. The van der Waals surface area contributed by atoms with Gasteiger partial charge >= 0.3 is 0 Å². The second-order valence-electron chi connectivity index (χ2n) is 19.0. The van der Waals surface area contributed by atoms with Gasteiger partial charge in [0.1, 0.15) is 23.0 Å². The molecule has 66 heavy (non-hydrogen) atoms. The molecule has 6 aromatic rings. The van der Waals surface area contributed by atoms with E-state index in [2.05, 4.69) is 134 Å². The van der Waals surface area contributed by atoms with E-state index in [0.29, 0.717) is 30.6 Å². The lowest BCUT2D eigenvalue weighted by Crippen LogP contribution is -2.37. The Balaban J connectivity index is 1.36. The Morgan fingerprint density at radius 3 is 2.17 bits per heavy atom. The van der Waals surface area contributed by atoms with Crippen LogP contribution in [0.5, 0.6) is 23.0 Å². The first-order valence-corrected chi connectivity index (χ1v) is 23.0. The van der Waals surface area contributed by atoms with Gasteiger partial charge in [-0.15, -0.1) is 0 Å². The van der Waals surface area contributed by atoms with E-state index in [1.54, 1.807) is 33.5 Å². The van der Waals surface area contributed by atoms with E-state index in [0.717, 1.165) is 88.1 Å². The van der Waals surface area contributed by atoms with Crippen molar-refractivity contribution in [1.29, 1.82) is 0 Å². The third-order valence-corrected chi connectivity index (χ3v) is 14.0. The molecule has 0 saturated carbocycles. The van der Waals surface area contributed by atoms with E-state index in [1.165, 1.54) is 22.3 Å². The number of carbonyl (C=O) groups is 1. The summed E-state index contributed by atoms with van der Waals surface area (Å²) in [5.74, 6) is 2.42. The van der Waals surface area contributed by atoms with E-state index in [9.17, 15) is 4.79 Å². The molecular formula is C56H58N4O6. The van der Waals surface area contributed by atoms with Crippen LogP contribution in [-0.2, 0) is 15.8 Å². The van der Waals surface area contributed by atoms with Crippen LogP contribution < -0.4 is 23.8 Å². The van der Waals surface area contributed by atoms with Gasteiger partial charge in [-0.2, -0.15) is 0 Å². The number of fused-ring (bicyclic) bond motifs is 8. The first-order valence-electron chi connectivity index (χ1n) is 23.0. The SMILES string of the molecule is CCC1(CC(C)(C)CC(C)C)c2ccccc2-c2c1c1c(c3cc(OC)c(-c4ccc(C(=O)N=[N+]=[N-])cc4OC)cc23)OC(c2ccc(OC)cc2)(c2ccc(N3CCOCC3)cc2)C=C1. The molecule has 0 aromatic heterocycles. The lowest BCUT2D eigenvalue weighted by Gasteiger charge is -2.42. The van der Waals surface area contributed by atoms with Gasteiger partial charge in [0.2, 0.25) is 5.91 Å². The fraction of sp³-hybridized carbons (Fsp3) is 0.339. The molecule has 1 fully saturated rings. The molecular weight excluding hydrogens is 825 g/mol. The Hall–Kier alpha value is -6.74. The minimum Gasteiger partial charge on any atom is -0.497 e. The molecule has 0 spiro atoms. The van der Waals surface area contributed by atoms with Crippen LogP contribution in [0.25, 0.3) is 49.5 Å². The zero-order valence-corrected chi connectivity index (χ0v) is 39.2. The number of amides is 1. The van der Waals surface area contributed by atoms with E-state index in [-0.39, 0.29) is 16.4 Å². The lowest BCUT2D eigenvalue weighted by atomic mass is 9.63. The van der Waals surface area contributed by atoms with Crippen LogP contribution in [0.1, 0.15) is 92.1 Å². The van der Waals surface area contributed by atoms with E-state index < -0.39 is 11.5 Å². The summed E-state index contributed by atoms with van der Waals surface area (Å²) in [4.78, 5) is 17.8. The smallest absolute Gasteiger partial charge is 0.249 e. The maximum absolute atomic E-state index is 12.7. The van der Waals surface area contributed by atoms with E-state index in [1.807, 2.05) is 18.2 Å². The van der Waals surface area contributed by atoms with Crippen molar-refractivity contribution in [2.24, 2.45) is 16.4 Å². The molecule has 2 atom stereocenters. The van der Waals surface area contributed by atoms with Crippen molar-refractivity contribution in [2.45, 2.75) is 64.9 Å². The number of anilines is 1. The van der Waals surface area contributed by atoms with Gasteiger partial charge in [0.25, 0.3) is 0 Å². The molecule has 2 aliphatic heterocycles. The predicted octanol–water partition coefficient (Wildman–Crippen LogP) is 13.3. The predicted molar refractivity (Wildman–Crippen MR) is 263 cm³/mol. The maximum Gasteiger partial charge on any atom is 0.249 e. The van der Waals surface area contributed by atoms with Gasteiger partial charge in [0.05, 0.1) is 34.5 Å². The molecule has 2 heterocycles. The Morgan fingerprint density at radius 1 is 0.833 bits per heavy atom. The van der Waals surface area contributed by atoms with Crippen molar-refractivity contribution in [2.75, 3.05) is 52.5 Å². The zero-order valence-electron chi connectivity index (χ0n) is 39.2. The molecule has 0 radical (unpaired) electrons. The normalized spacial score (nSPS) is 18.5. The summed E-state index contributed by atoms with van der Waals surface area (Å²) >= 11 is 0. The quantitative estimate of drug-likeness (QED) is 0.0644. The summed E-state index contributed by atoms with van der Waals surface area (Å²) < 4.78 is 31.4. The molecule has 6 aromatic carbocycles. The topological polar surface area (TPSA) is 115 Å². The molecule has 10 heteroatoms. The Kier molecular flexibility index (Phi) is 11.8. The second kappa shape index (κ2) is 17.6. The van der Waals surface area contributed by atoms with Crippen LogP contribution >= 0.6 is 0 Å². The number of carbonyl (C=O) groups excluding carboxylic acids is 1. The van der Waals surface area contributed by atoms with Crippen molar-refractivity contribution in [3.8, 4) is 45.3 Å². The number of benzene rings is 6. The number of azide groups is 1. The molecule has 1 aliphatic carbocycles. The first-order chi connectivity index (χ1) is 31.9. The highest BCUT2D eigenvalue weighted by molar-refractivity contribution is 6.11. The highest BCUT2D eigenvalue weighted by atomic mass is 16.5. The van der Waals surface area contributed by atoms with Gasteiger partial charge < -0.3 is 28.6 Å². The van der Waals surface area contributed by atoms with Crippen LogP contribution in [-0.4, -0.2) is 53.5 Å². The molecule has 1 amide bonds. The highest BCUT2D eigenvalue weighted by Gasteiger charge is 2.50. The Bertz CT molecular complexity index is 2910. The second-order valence-corrected chi connectivity index (χ2v) is 19.0. The molecule has 10 nitrogen and oxygen atoms in total. The summed E-state index contributed by atoms with van der Waals surface area (Å²) in [5, 5.41) is 5.26. The van der Waals surface area contributed by atoms with Crippen LogP contribution in [0.3, 0.4) is 0 Å². The monoisotopic (exact) mass is 882 g/mol. The summed E-state index contributed by atoms with van der Waals surface area (Å²) in [6.07, 6.45) is 7.48. The van der Waals surface area contributed by atoms with Gasteiger partial charge in [-0.05, 0) is 123 Å². The van der Waals surface area contributed by atoms with E-state index >= 15 is 0 Å². The molecule has 0 N–H and O–H groups in total. The van der Waals surface area contributed by atoms with Crippen molar-refractivity contribution in [3.05, 3.63) is 153 Å². The van der Waals surface area contributed by atoms with Crippen LogP contribution in [0.2, 0.25) is 0 Å². The maximum atomic E-state index is 12.7. The van der Waals surface area contributed by atoms with Gasteiger partial charge in [-0.3, -0.25) is 4.79 Å². The molecule has 3 aliphatic rings. The number of morpholine rings is 1.